The van der Waals surface area contributed by atoms with E-state index >= 15 is 0 Å². The van der Waals surface area contributed by atoms with Gasteiger partial charge >= 0.3 is 0 Å². The van der Waals surface area contributed by atoms with Gasteiger partial charge in [0.25, 0.3) is 0 Å². The number of halogens is 2. The number of aromatic nitrogens is 1. The second-order valence-corrected chi connectivity index (χ2v) is 6.61. The number of aliphatic imine (C=N–C) groups is 1. The zero-order valence-corrected chi connectivity index (χ0v) is 19.0. The number of benzene rings is 1. The van der Waals surface area contributed by atoms with Crippen LogP contribution in [0.2, 0.25) is 0 Å². The van der Waals surface area contributed by atoms with E-state index in [0.29, 0.717) is 0 Å². The Kier molecular flexibility index (Phi) is 9.34. The lowest BCUT2D eigenvalue weighted by atomic mass is 10.1. The summed E-state index contributed by atoms with van der Waals surface area (Å²) in [5.74, 6) is 1.78. The highest BCUT2D eigenvalue weighted by Crippen LogP contribution is 2.15. The number of nitrogens with one attached hydrogen (secondary N) is 1. The number of methoxy groups -OCH3 is 1. The number of hydrogen-bond acceptors (Lipinski definition) is 2. The molecule has 1 aromatic carbocycles. The predicted molar refractivity (Wildman–Crippen MR) is 118 cm³/mol. The summed E-state index contributed by atoms with van der Waals surface area (Å²) >= 11 is 3.51. The smallest absolute Gasteiger partial charge is 0.193 e. The molecule has 2 aromatic rings. The minimum atomic E-state index is 0. The van der Waals surface area contributed by atoms with Gasteiger partial charge in [-0.2, -0.15) is 0 Å². The lowest BCUT2D eigenvalue weighted by Gasteiger charge is -2.22. The van der Waals surface area contributed by atoms with Crippen LogP contribution in [0.3, 0.4) is 0 Å². The third kappa shape index (κ3) is 6.54. The molecule has 5 nitrogen and oxygen atoms in total. The molecule has 138 valence electrons. The van der Waals surface area contributed by atoms with Gasteiger partial charge in [-0.1, -0.05) is 12.1 Å². The molecule has 25 heavy (non-hydrogen) atoms. The summed E-state index contributed by atoms with van der Waals surface area (Å²) in [6.07, 6.45) is 2.97. The van der Waals surface area contributed by atoms with E-state index in [1.54, 1.807) is 7.11 Å². The van der Waals surface area contributed by atoms with Gasteiger partial charge < -0.3 is 19.5 Å². The molecule has 1 N–H and O–H groups in total. The standard InChI is InChI=1S/C18H25BrN4O.HI/c1-20-18(23(3)13-16-11-15(19)12-22(16)2)21-9-8-14-6-5-7-17(10-14)24-4;/h5-7,10-12H,8-9,13H2,1-4H3,(H,20,21);1H. The van der Waals surface area contributed by atoms with Crippen molar-refractivity contribution in [2.24, 2.45) is 12.0 Å². The van der Waals surface area contributed by atoms with Crippen LogP contribution in [0.5, 0.6) is 5.75 Å². The maximum atomic E-state index is 5.26. The molecule has 0 bridgehead atoms. The van der Waals surface area contributed by atoms with Crippen LogP contribution in [0, 0.1) is 0 Å². The number of nitrogens with zero attached hydrogens (tertiary/aromatic N) is 3. The topological polar surface area (TPSA) is 41.8 Å². The molecule has 0 radical (unpaired) electrons. The van der Waals surface area contributed by atoms with Gasteiger partial charge in [-0.3, -0.25) is 4.99 Å². The van der Waals surface area contributed by atoms with Crippen molar-refractivity contribution in [3.05, 3.63) is 52.3 Å². The van der Waals surface area contributed by atoms with Crippen LogP contribution >= 0.6 is 39.9 Å². The molecule has 0 aliphatic carbocycles. The fourth-order valence-electron chi connectivity index (χ4n) is 2.57. The Hall–Kier alpha value is -1.22. The summed E-state index contributed by atoms with van der Waals surface area (Å²) in [5, 5.41) is 3.42. The molecule has 0 aliphatic heterocycles. The van der Waals surface area contributed by atoms with Crippen molar-refractivity contribution < 1.29 is 4.74 Å². The normalized spacial score (nSPS) is 11.0. The SMILES string of the molecule is CN=C(NCCc1cccc(OC)c1)N(C)Cc1cc(Br)cn1C.I. The minimum Gasteiger partial charge on any atom is -0.497 e. The number of guanidine groups is 1. The van der Waals surface area contributed by atoms with Gasteiger partial charge in [0, 0.05) is 44.1 Å². The molecule has 0 amide bonds. The average Bonchev–Trinajstić information content (AvgIpc) is 2.89. The van der Waals surface area contributed by atoms with Crippen molar-refractivity contribution in [3.63, 3.8) is 0 Å². The first-order valence-electron chi connectivity index (χ1n) is 7.89. The van der Waals surface area contributed by atoms with Crippen LogP contribution in [-0.4, -0.2) is 43.2 Å². The van der Waals surface area contributed by atoms with Crippen LogP contribution in [0.1, 0.15) is 11.3 Å². The largest absolute Gasteiger partial charge is 0.497 e. The zero-order chi connectivity index (χ0) is 17.5. The molecular weight excluding hydrogens is 495 g/mol. The predicted octanol–water partition coefficient (Wildman–Crippen LogP) is 3.66. The highest BCUT2D eigenvalue weighted by atomic mass is 127. The molecule has 0 saturated heterocycles. The minimum absolute atomic E-state index is 0. The average molecular weight is 521 g/mol. The molecular formula is C18H26BrIN4O. The van der Waals surface area contributed by atoms with Gasteiger partial charge in [0.15, 0.2) is 5.96 Å². The lowest BCUT2D eigenvalue weighted by Crippen LogP contribution is -2.39. The van der Waals surface area contributed by atoms with Crippen LogP contribution in [0.25, 0.3) is 0 Å². The summed E-state index contributed by atoms with van der Waals surface area (Å²) < 4.78 is 8.47. The first-order chi connectivity index (χ1) is 11.5. The Morgan fingerprint density at radius 1 is 1.36 bits per heavy atom. The Morgan fingerprint density at radius 3 is 2.72 bits per heavy atom. The van der Waals surface area contributed by atoms with Crippen molar-refractivity contribution in [1.82, 2.24) is 14.8 Å². The molecule has 0 spiro atoms. The highest BCUT2D eigenvalue weighted by Gasteiger charge is 2.09. The van der Waals surface area contributed by atoms with E-state index in [-0.39, 0.29) is 24.0 Å². The lowest BCUT2D eigenvalue weighted by molar-refractivity contribution is 0.414. The van der Waals surface area contributed by atoms with Crippen molar-refractivity contribution in [3.8, 4) is 5.75 Å². The second kappa shape index (κ2) is 10.7. The van der Waals surface area contributed by atoms with Crippen molar-refractivity contribution in [2.45, 2.75) is 13.0 Å². The molecule has 0 atom stereocenters. The fraction of sp³-hybridized carbons (Fsp3) is 0.389. The van der Waals surface area contributed by atoms with Gasteiger partial charge in [-0.05, 0) is 46.1 Å². The summed E-state index contributed by atoms with van der Waals surface area (Å²) in [7, 11) is 7.59. The van der Waals surface area contributed by atoms with Crippen molar-refractivity contribution in [1.29, 1.82) is 0 Å². The third-order valence-electron chi connectivity index (χ3n) is 3.88. The van der Waals surface area contributed by atoms with Crippen LogP contribution in [0.15, 0.2) is 46.0 Å². The molecule has 0 fully saturated rings. The Labute approximate surface area is 175 Å². The van der Waals surface area contributed by atoms with E-state index in [1.807, 2.05) is 33.3 Å². The summed E-state index contributed by atoms with van der Waals surface area (Å²) in [6.45, 7) is 1.61. The molecule has 2 rings (SSSR count). The van der Waals surface area contributed by atoms with E-state index in [0.717, 1.165) is 35.7 Å². The van der Waals surface area contributed by atoms with Gasteiger partial charge in [0.05, 0.1) is 13.7 Å². The maximum absolute atomic E-state index is 5.26. The van der Waals surface area contributed by atoms with E-state index in [2.05, 4.69) is 60.1 Å². The number of rotatable bonds is 6. The van der Waals surface area contributed by atoms with Crippen LogP contribution in [0.4, 0.5) is 0 Å². The second-order valence-electron chi connectivity index (χ2n) is 5.69. The molecule has 1 aromatic heterocycles. The fourth-order valence-corrected chi connectivity index (χ4v) is 3.14. The number of aryl methyl sites for hydroxylation is 1. The van der Waals surface area contributed by atoms with Crippen molar-refractivity contribution >= 4 is 45.9 Å². The highest BCUT2D eigenvalue weighted by molar-refractivity contribution is 14.0. The number of hydrogen-bond donors (Lipinski definition) is 1. The first kappa shape index (κ1) is 21.8. The van der Waals surface area contributed by atoms with Gasteiger partial charge in [-0.15, -0.1) is 24.0 Å². The molecule has 0 unspecified atom stereocenters. The summed E-state index contributed by atoms with van der Waals surface area (Å²) in [6, 6.07) is 10.3. The Balaban J connectivity index is 0.00000312. The van der Waals surface area contributed by atoms with Gasteiger partial charge in [0.1, 0.15) is 5.75 Å². The van der Waals surface area contributed by atoms with E-state index in [4.69, 9.17) is 4.74 Å². The monoisotopic (exact) mass is 520 g/mol. The summed E-state index contributed by atoms with van der Waals surface area (Å²) in [4.78, 5) is 6.49. The molecule has 7 heteroatoms. The van der Waals surface area contributed by atoms with Gasteiger partial charge in [0.2, 0.25) is 0 Å². The van der Waals surface area contributed by atoms with E-state index in [1.165, 1.54) is 11.3 Å². The van der Waals surface area contributed by atoms with Gasteiger partial charge in [-0.25, -0.2) is 0 Å². The maximum Gasteiger partial charge on any atom is 0.193 e. The zero-order valence-electron chi connectivity index (χ0n) is 15.1. The Bertz CT molecular complexity index is 702. The Morgan fingerprint density at radius 2 is 2.12 bits per heavy atom. The van der Waals surface area contributed by atoms with Crippen LogP contribution in [-0.2, 0) is 20.0 Å². The molecule has 0 aliphatic rings. The third-order valence-corrected chi connectivity index (χ3v) is 4.31. The quantitative estimate of drug-likeness (QED) is 0.359. The van der Waals surface area contributed by atoms with Crippen molar-refractivity contribution in [2.75, 3.05) is 27.7 Å². The first-order valence-corrected chi connectivity index (χ1v) is 8.68. The van der Waals surface area contributed by atoms with E-state index in [9.17, 15) is 0 Å². The molecule has 0 saturated carbocycles. The molecule has 1 heterocycles. The van der Waals surface area contributed by atoms with E-state index < -0.39 is 0 Å². The summed E-state index contributed by atoms with van der Waals surface area (Å²) in [5.41, 5.74) is 2.46. The number of ether oxygens (including phenoxy) is 1. The van der Waals surface area contributed by atoms with Crippen LogP contribution < -0.4 is 10.1 Å².